The molecular formula is C48H80O40. The molecule has 0 radical (unpaired) electrons. The molecule has 0 aliphatic carbocycles. The third-order valence-electron chi connectivity index (χ3n) is 16.9. The maximum absolute atomic E-state index is 11.4. The molecule has 30 aliphatic rings. The van der Waals surface area contributed by atoms with Gasteiger partial charge in [0.1, 0.15) is 195 Å². The topological polar surface area (TPSA) is 633 Å². The zero-order valence-corrected chi connectivity index (χ0v) is 46.0. The first kappa shape index (κ1) is 70.7. The van der Waals surface area contributed by atoms with E-state index in [4.69, 9.17) is 75.8 Å². The van der Waals surface area contributed by atoms with Crippen molar-refractivity contribution < 1.29 is 198 Å². The van der Waals surface area contributed by atoms with Crippen molar-refractivity contribution in [2.45, 2.75) is 246 Å². The lowest BCUT2D eigenvalue weighted by molar-refractivity contribution is -0.404. The Hall–Kier alpha value is -1.60. The van der Waals surface area contributed by atoms with Gasteiger partial charge in [-0.1, -0.05) is 0 Å². The van der Waals surface area contributed by atoms with Crippen LogP contribution in [0.2, 0.25) is 0 Å². The summed E-state index contributed by atoms with van der Waals surface area (Å²) in [6, 6.07) is 0. The second-order valence-electron chi connectivity index (χ2n) is 22.5. The van der Waals surface area contributed by atoms with Crippen molar-refractivity contribution in [2.24, 2.45) is 0 Å². The van der Waals surface area contributed by atoms with Gasteiger partial charge in [0, 0.05) is 0 Å². The van der Waals surface area contributed by atoms with Crippen LogP contribution in [0, 0.1) is 0 Å². The minimum atomic E-state index is -2.25. The minimum Gasteiger partial charge on any atom is -0.394 e. The molecule has 40 atom stereocenters. The van der Waals surface area contributed by atoms with Gasteiger partial charge in [-0.25, -0.2) is 0 Å². The zero-order valence-electron chi connectivity index (χ0n) is 46.0. The first-order valence-electron chi connectivity index (χ1n) is 28.1. The van der Waals surface area contributed by atoms with E-state index in [9.17, 15) is 123 Å². The number of hydrogen-bond donors (Lipinski definition) is 24. The van der Waals surface area contributed by atoms with E-state index in [1.54, 1.807) is 0 Å². The highest BCUT2D eigenvalue weighted by molar-refractivity contribution is 5.02. The monoisotopic (exact) mass is 1300 g/mol. The zero-order chi connectivity index (χ0) is 64.1. The van der Waals surface area contributed by atoms with Crippen molar-refractivity contribution in [2.75, 3.05) is 52.9 Å². The summed E-state index contributed by atoms with van der Waals surface area (Å²) in [5, 5.41) is 265. The summed E-state index contributed by atoms with van der Waals surface area (Å²) in [7, 11) is 0. The highest BCUT2D eigenvalue weighted by Gasteiger charge is 2.60. The lowest BCUT2D eigenvalue weighted by Crippen LogP contribution is -2.69. The fourth-order valence-electron chi connectivity index (χ4n) is 11.9. The summed E-state index contributed by atoms with van der Waals surface area (Å²) in [5.41, 5.74) is 0. The maximum Gasteiger partial charge on any atom is 0.187 e. The van der Waals surface area contributed by atoms with Crippen LogP contribution in [0.1, 0.15) is 0 Å². The highest BCUT2D eigenvalue weighted by atomic mass is 16.8. The molecule has 16 unspecified atom stereocenters. The van der Waals surface area contributed by atoms with Crippen LogP contribution in [0.3, 0.4) is 0 Å². The highest BCUT2D eigenvalue weighted by Crippen LogP contribution is 2.40. The Morgan fingerprint density at radius 3 is 0.307 bits per heavy atom. The van der Waals surface area contributed by atoms with Crippen molar-refractivity contribution in [3.63, 3.8) is 0 Å². The Bertz CT molecular complexity index is 1700. The SMILES string of the molecule is OCC1O[C@@H]2O[C@@H]3C(CO)O[C@H](O[C@@H]4C(CO)O[C@@H](O[C@@H]5C(CO)O[C@H](O[C@@H]6C(CO)O[C@H](O[C@@H]7C(CO)O[C@H](O[C@@H]8C(CO)O[C@H](O[C@@H]9C(CO)O[C@H](O[C@H]1C(O)[C@@H]2O)C(O)[C@H]9O)C(O)[C@H]8O)C(O)[C@H]7O)C(O)[C@H]6O)C(O)[C@H]5O)C(O)[C@H]4O)C(O)[C@H]3O. The maximum atomic E-state index is 11.4. The van der Waals surface area contributed by atoms with Crippen LogP contribution in [0.5, 0.6) is 0 Å². The Morgan fingerprint density at radius 2 is 0.227 bits per heavy atom. The fourth-order valence-corrected chi connectivity index (χ4v) is 11.9. The molecule has 30 aliphatic heterocycles. The minimum absolute atomic E-state index is 1.08. The van der Waals surface area contributed by atoms with E-state index in [0.717, 1.165) is 0 Å². The Labute approximate surface area is 496 Å². The molecule has 30 heterocycles. The van der Waals surface area contributed by atoms with Crippen molar-refractivity contribution in [1.82, 2.24) is 0 Å². The Morgan fingerprint density at radius 1 is 0.136 bits per heavy atom. The van der Waals surface area contributed by atoms with E-state index < -0.39 is 299 Å². The molecule has 0 aromatic heterocycles. The van der Waals surface area contributed by atoms with E-state index in [0.29, 0.717) is 0 Å². The third kappa shape index (κ3) is 13.8. The van der Waals surface area contributed by atoms with Gasteiger partial charge >= 0.3 is 0 Å². The van der Waals surface area contributed by atoms with Crippen LogP contribution in [0.4, 0.5) is 0 Å². The first-order chi connectivity index (χ1) is 41.9. The van der Waals surface area contributed by atoms with Gasteiger partial charge in [-0.3, -0.25) is 0 Å². The van der Waals surface area contributed by atoms with Crippen LogP contribution in [-0.4, -0.2) is 421 Å². The molecule has 0 spiro atoms. The van der Waals surface area contributed by atoms with E-state index in [2.05, 4.69) is 0 Å². The number of hydrogen-bond acceptors (Lipinski definition) is 40. The molecule has 30 saturated heterocycles. The molecular weight excluding hydrogens is 1220 g/mol. The van der Waals surface area contributed by atoms with Crippen molar-refractivity contribution >= 4 is 0 Å². The van der Waals surface area contributed by atoms with Crippen LogP contribution in [-0.2, 0) is 75.8 Å². The molecule has 16 bridgehead atoms. The normalized spacial score (nSPS) is 55.4. The van der Waals surface area contributed by atoms with Gasteiger partial charge in [0.05, 0.1) is 52.9 Å². The van der Waals surface area contributed by atoms with Crippen LogP contribution in [0.25, 0.3) is 0 Å². The predicted octanol–water partition coefficient (Wildman–Crippen LogP) is -17.4. The number of rotatable bonds is 8. The van der Waals surface area contributed by atoms with Crippen molar-refractivity contribution in [1.29, 1.82) is 0 Å². The summed E-state index contributed by atoms with van der Waals surface area (Å²) < 4.78 is 91.1. The summed E-state index contributed by atoms with van der Waals surface area (Å²) in [5.74, 6) is 0. The van der Waals surface area contributed by atoms with Crippen LogP contribution < -0.4 is 0 Å². The molecule has 88 heavy (non-hydrogen) atoms. The summed E-state index contributed by atoms with van der Waals surface area (Å²) in [6.07, 6.45) is -82.0. The quantitative estimate of drug-likeness (QED) is 0.107. The second kappa shape index (κ2) is 30.0. The van der Waals surface area contributed by atoms with Gasteiger partial charge < -0.3 is 198 Å². The molecule has 40 nitrogen and oxygen atoms in total. The van der Waals surface area contributed by atoms with Gasteiger partial charge in [-0.05, 0) is 0 Å². The van der Waals surface area contributed by atoms with Gasteiger partial charge in [0.25, 0.3) is 0 Å². The van der Waals surface area contributed by atoms with Gasteiger partial charge in [-0.2, -0.15) is 0 Å². The average molecular weight is 1300 g/mol. The largest absolute Gasteiger partial charge is 0.394 e. The standard InChI is InChI=1S/C48H80O40/c49-1-9-33-17(57)25(65)41(73-9)82-34-10(2-50)75-43(27(67)19(34)59)84-36-12(4-52)77-45(29(69)21(36)61)86-38-14(6-54)79-47(31(71)23(38)63)88-40-16(8-56)80-48(32(72)24(40)64)87-39-15(7-55)78-46(30(70)22(39)62)85-37-13(5-53)76-44(28(68)20(37)60)83-35-11(3-51)74-42(81-33)26(66)18(35)58/h9-72H,1-8H2/t9?,10?,11?,12?,13?,14?,15?,16?,17-,18-,19-,20-,21-,22-,23-,24?,25?,26?,27?,28?,29?,30?,31?,32+,33-,34-,35-,36-,37-,38-,39-,40-,41-,42-,43-,44+,45-,46-,47-,48-/m1/s1. The average Bonchev–Trinajstić information content (AvgIpc) is 0.985. The summed E-state index contributed by atoms with van der Waals surface area (Å²) >= 11 is 0. The van der Waals surface area contributed by atoms with E-state index >= 15 is 0 Å². The number of aliphatic hydroxyl groups excluding tert-OH is 24. The predicted molar refractivity (Wildman–Crippen MR) is 261 cm³/mol. The fraction of sp³-hybridized carbons (Fsp3) is 1.00. The lowest BCUT2D eigenvalue weighted by Gasteiger charge is -2.50. The molecule has 40 heteroatoms. The Balaban J connectivity index is 0.975. The number of ether oxygens (including phenoxy) is 16. The summed E-state index contributed by atoms with van der Waals surface area (Å²) in [6.45, 7) is -8.64. The smallest absolute Gasteiger partial charge is 0.187 e. The first-order valence-corrected chi connectivity index (χ1v) is 28.1. The number of aliphatic hydroxyl groups is 24. The van der Waals surface area contributed by atoms with Crippen LogP contribution >= 0.6 is 0 Å². The molecule has 24 N–H and O–H groups in total. The second-order valence-corrected chi connectivity index (χ2v) is 22.5. The molecule has 0 saturated carbocycles. The Kier molecular flexibility index (Phi) is 24.1. The van der Waals surface area contributed by atoms with E-state index in [-0.39, 0.29) is 0 Å². The third-order valence-corrected chi connectivity index (χ3v) is 16.9. The van der Waals surface area contributed by atoms with Crippen molar-refractivity contribution in [3.05, 3.63) is 0 Å². The van der Waals surface area contributed by atoms with Crippen molar-refractivity contribution in [3.8, 4) is 0 Å². The van der Waals surface area contributed by atoms with E-state index in [1.165, 1.54) is 0 Å². The van der Waals surface area contributed by atoms with Gasteiger partial charge in [0.2, 0.25) is 0 Å². The molecule has 30 fully saturated rings. The lowest BCUT2D eigenvalue weighted by atomic mass is 9.94. The van der Waals surface area contributed by atoms with Gasteiger partial charge in [0.15, 0.2) is 50.3 Å². The molecule has 30 rings (SSSR count). The van der Waals surface area contributed by atoms with Crippen LogP contribution in [0.15, 0.2) is 0 Å². The van der Waals surface area contributed by atoms with Gasteiger partial charge in [-0.15, -0.1) is 0 Å². The summed E-state index contributed by atoms with van der Waals surface area (Å²) in [4.78, 5) is 0. The molecule has 0 amide bonds. The van der Waals surface area contributed by atoms with E-state index in [1.807, 2.05) is 0 Å². The molecule has 0 aromatic rings. The molecule has 0 aromatic carbocycles. The molecule has 512 valence electrons.